The molecule has 1 aliphatic heterocycles. The Labute approximate surface area is 68.6 Å². The van der Waals surface area contributed by atoms with E-state index < -0.39 is 0 Å². The van der Waals surface area contributed by atoms with Gasteiger partial charge in [0.15, 0.2) is 0 Å². The molecule has 0 aromatic carbocycles. The van der Waals surface area contributed by atoms with Crippen LogP contribution in [0.15, 0.2) is 12.7 Å². The van der Waals surface area contributed by atoms with Crippen LogP contribution < -0.4 is 5.32 Å². The molecule has 1 heterocycles. The van der Waals surface area contributed by atoms with Crippen LogP contribution >= 0.6 is 0 Å². The molecule has 3 atom stereocenters. The molecule has 64 valence electrons. The summed E-state index contributed by atoms with van der Waals surface area (Å²) in [6.45, 7) is 8.77. The van der Waals surface area contributed by atoms with Crippen molar-refractivity contribution in [3.8, 4) is 0 Å². The molecular weight excluding hydrogens is 138 g/mol. The molecule has 1 saturated heterocycles. The van der Waals surface area contributed by atoms with E-state index in [0.29, 0.717) is 18.2 Å². The van der Waals surface area contributed by atoms with Crippen molar-refractivity contribution >= 4 is 0 Å². The van der Waals surface area contributed by atoms with E-state index in [-0.39, 0.29) is 0 Å². The maximum Gasteiger partial charge on any atom is 0.0704 e. The fourth-order valence-electron chi connectivity index (χ4n) is 1.55. The highest BCUT2D eigenvalue weighted by molar-refractivity contribution is 4.85. The highest BCUT2D eigenvalue weighted by Gasteiger charge is 2.28. The molecule has 0 aromatic heterocycles. The van der Waals surface area contributed by atoms with Gasteiger partial charge in [0, 0.05) is 12.6 Å². The zero-order chi connectivity index (χ0) is 8.27. The second-order valence-electron chi connectivity index (χ2n) is 3.19. The largest absolute Gasteiger partial charge is 0.374 e. The van der Waals surface area contributed by atoms with E-state index in [1.165, 1.54) is 0 Å². The van der Waals surface area contributed by atoms with Crippen molar-refractivity contribution in [2.24, 2.45) is 0 Å². The molecule has 3 unspecified atom stereocenters. The first-order valence-electron chi connectivity index (χ1n) is 4.23. The van der Waals surface area contributed by atoms with Gasteiger partial charge in [-0.2, -0.15) is 0 Å². The molecule has 1 aliphatic rings. The van der Waals surface area contributed by atoms with E-state index in [9.17, 15) is 0 Å². The molecule has 0 aliphatic carbocycles. The molecular formula is C9H17NO. The van der Waals surface area contributed by atoms with Crippen molar-refractivity contribution < 1.29 is 4.74 Å². The van der Waals surface area contributed by atoms with Gasteiger partial charge in [0.2, 0.25) is 0 Å². The number of rotatable bonds is 3. The van der Waals surface area contributed by atoms with Gasteiger partial charge in [-0.15, -0.1) is 6.58 Å². The summed E-state index contributed by atoms with van der Waals surface area (Å²) < 4.78 is 5.57. The summed E-state index contributed by atoms with van der Waals surface area (Å²) in [5, 5.41) is 3.37. The van der Waals surface area contributed by atoms with Crippen LogP contribution in [0, 0.1) is 0 Å². The Hall–Kier alpha value is -0.340. The summed E-state index contributed by atoms with van der Waals surface area (Å²) in [4.78, 5) is 0. The van der Waals surface area contributed by atoms with Crippen molar-refractivity contribution in [1.29, 1.82) is 0 Å². The predicted octanol–water partition coefficient (Wildman–Crippen LogP) is 1.33. The summed E-state index contributed by atoms with van der Waals surface area (Å²) in [6.07, 6.45) is 3.77. The average molecular weight is 155 g/mol. The third kappa shape index (κ3) is 2.31. The van der Waals surface area contributed by atoms with Gasteiger partial charge in [0.25, 0.3) is 0 Å². The van der Waals surface area contributed by atoms with Crippen molar-refractivity contribution in [3.05, 3.63) is 12.7 Å². The summed E-state index contributed by atoms with van der Waals surface area (Å²) >= 11 is 0. The maximum atomic E-state index is 5.57. The summed E-state index contributed by atoms with van der Waals surface area (Å²) in [7, 11) is 0. The van der Waals surface area contributed by atoms with Crippen molar-refractivity contribution in [1.82, 2.24) is 5.32 Å². The Kier molecular flexibility index (Phi) is 3.09. The molecule has 0 radical (unpaired) electrons. The third-order valence-corrected chi connectivity index (χ3v) is 2.12. The predicted molar refractivity (Wildman–Crippen MR) is 46.6 cm³/mol. The second kappa shape index (κ2) is 3.88. The molecule has 11 heavy (non-hydrogen) atoms. The van der Waals surface area contributed by atoms with Crippen LogP contribution in [0.5, 0.6) is 0 Å². The zero-order valence-corrected chi connectivity index (χ0v) is 7.34. The van der Waals surface area contributed by atoms with Gasteiger partial charge in [-0.05, 0) is 20.3 Å². The van der Waals surface area contributed by atoms with Gasteiger partial charge < -0.3 is 10.1 Å². The molecule has 2 heteroatoms. The Morgan fingerprint density at radius 1 is 1.64 bits per heavy atom. The van der Waals surface area contributed by atoms with Crippen molar-refractivity contribution in [3.63, 3.8) is 0 Å². The average Bonchev–Trinajstić information content (AvgIpc) is 2.26. The fourth-order valence-corrected chi connectivity index (χ4v) is 1.55. The molecule has 1 N–H and O–H groups in total. The van der Waals surface area contributed by atoms with Crippen LogP contribution in [0.3, 0.4) is 0 Å². The number of ether oxygens (including phenoxy) is 1. The first-order valence-corrected chi connectivity index (χ1v) is 4.23. The third-order valence-electron chi connectivity index (χ3n) is 2.12. The quantitative estimate of drug-likeness (QED) is 0.621. The minimum Gasteiger partial charge on any atom is -0.374 e. The highest BCUT2D eigenvalue weighted by atomic mass is 16.5. The zero-order valence-electron chi connectivity index (χ0n) is 7.34. The Morgan fingerprint density at radius 3 is 2.82 bits per heavy atom. The Bertz CT molecular complexity index is 136. The first-order chi connectivity index (χ1) is 5.24. The van der Waals surface area contributed by atoms with Gasteiger partial charge in [-0.3, -0.25) is 0 Å². The smallest absolute Gasteiger partial charge is 0.0704 e. The van der Waals surface area contributed by atoms with Gasteiger partial charge >= 0.3 is 0 Å². The Balaban J connectivity index is 2.28. The number of nitrogens with one attached hydrogen (secondary N) is 1. The van der Waals surface area contributed by atoms with E-state index in [0.717, 1.165) is 13.0 Å². The van der Waals surface area contributed by atoms with Crippen LogP contribution in [0.4, 0.5) is 0 Å². The van der Waals surface area contributed by atoms with Gasteiger partial charge in [-0.25, -0.2) is 0 Å². The molecule has 0 saturated carbocycles. The number of hydrogen-bond donors (Lipinski definition) is 1. The molecule has 0 bridgehead atoms. The minimum atomic E-state index is 0.352. The standard InChI is InChI=1S/C9H17NO/c1-4-5-10-9-6-7(2)11-8(9)3/h4,7-10H,1,5-6H2,2-3H3. The number of hydrogen-bond acceptors (Lipinski definition) is 2. The van der Waals surface area contributed by atoms with Gasteiger partial charge in [0.05, 0.1) is 12.2 Å². The summed E-state index contributed by atoms with van der Waals surface area (Å²) in [5.74, 6) is 0. The van der Waals surface area contributed by atoms with E-state index in [1.54, 1.807) is 0 Å². The lowest BCUT2D eigenvalue weighted by atomic mass is 10.1. The molecule has 0 spiro atoms. The Morgan fingerprint density at radius 2 is 2.36 bits per heavy atom. The van der Waals surface area contributed by atoms with E-state index in [1.807, 2.05) is 6.08 Å². The highest BCUT2D eigenvalue weighted by Crippen LogP contribution is 2.18. The first kappa shape index (κ1) is 8.75. The van der Waals surface area contributed by atoms with Crippen LogP contribution in [0.2, 0.25) is 0 Å². The fraction of sp³-hybridized carbons (Fsp3) is 0.778. The molecule has 2 nitrogen and oxygen atoms in total. The summed E-state index contributed by atoms with van der Waals surface area (Å²) in [5.41, 5.74) is 0. The van der Waals surface area contributed by atoms with E-state index in [4.69, 9.17) is 4.74 Å². The molecule has 1 fully saturated rings. The normalized spacial score (nSPS) is 37.5. The second-order valence-corrected chi connectivity index (χ2v) is 3.19. The van der Waals surface area contributed by atoms with Crippen LogP contribution in [-0.4, -0.2) is 24.8 Å². The maximum absolute atomic E-state index is 5.57. The van der Waals surface area contributed by atoms with Gasteiger partial charge in [0.1, 0.15) is 0 Å². The SMILES string of the molecule is C=CCNC1CC(C)OC1C. The van der Waals surface area contributed by atoms with Gasteiger partial charge in [-0.1, -0.05) is 6.08 Å². The molecule has 0 amide bonds. The summed E-state index contributed by atoms with van der Waals surface area (Å²) in [6, 6.07) is 0.517. The van der Waals surface area contributed by atoms with Crippen LogP contribution in [-0.2, 0) is 4.74 Å². The lowest BCUT2D eigenvalue weighted by Gasteiger charge is -2.13. The topological polar surface area (TPSA) is 21.3 Å². The van der Waals surface area contributed by atoms with E-state index in [2.05, 4.69) is 25.7 Å². The van der Waals surface area contributed by atoms with Crippen molar-refractivity contribution in [2.75, 3.05) is 6.54 Å². The monoisotopic (exact) mass is 155 g/mol. The van der Waals surface area contributed by atoms with E-state index >= 15 is 0 Å². The minimum absolute atomic E-state index is 0.352. The van der Waals surface area contributed by atoms with Crippen LogP contribution in [0.1, 0.15) is 20.3 Å². The van der Waals surface area contributed by atoms with Crippen LogP contribution in [0.25, 0.3) is 0 Å². The lowest BCUT2D eigenvalue weighted by Crippen LogP contribution is -2.34. The molecule has 0 aromatic rings. The lowest BCUT2D eigenvalue weighted by molar-refractivity contribution is 0.0609. The van der Waals surface area contributed by atoms with Crippen molar-refractivity contribution in [2.45, 2.75) is 38.5 Å². The molecule has 1 rings (SSSR count).